The maximum Gasteiger partial charge on any atom is 0.303 e. The van der Waals surface area contributed by atoms with Crippen molar-refractivity contribution in [1.82, 2.24) is 0 Å². The average Bonchev–Trinajstić information content (AvgIpc) is 3.01. The lowest BCUT2D eigenvalue weighted by Gasteiger charge is -2.21. The Morgan fingerprint density at radius 1 is 1.23 bits per heavy atom. The number of hydrogen-bond donors (Lipinski definition) is 1. The predicted molar refractivity (Wildman–Crippen MR) is 98.3 cm³/mol. The molecule has 6 nitrogen and oxygen atoms in total. The number of hydrogen-bond acceptors (Lipinski definition) is 4. The van der Waals surface area contributed by atoms with Gasteiger partial charge in [-0.2, -0.15) is 0 Å². The number of para-hydroxylation sites is 1. The number of carbonyl (C=O) groups is 1. The van der Waals surface area contributed by atoms with E-state index in [1.807, 2.05) is 25.1 Å². The Balaban J connectivity index is 2.00. The van der Waals surface area contributed by atoms with Crippen molar-refractivity contribution in [2.24, 2.45) is 0 Å². The van der Waals surface area contributed by atoms with E-state index < -0.39 is 16.0 Å². The van der Waals surface area contributed by atoms with Gasteiger partial charge in [-0.05, 0) is 48.7 Å². The molecule has 2 aromatic rings. The van der Waals surface area contributed by atoms with Crippen molar-refractivity contribution in [3.8, 4) is 5.75 Å². The zero-order chi connectivity index (χ0) is 18.9. The molecule has 1 heterocycles. The smallest absolute Gasteiger partial charge is 0.303 e. The van der Waals surface area contributed by atoms with Crippen LogP contribution in [0.2, 0.25) is 0 Å². The number of ether oxygens (including phenoxy) is 1. The van der Waals surface area contributed by atoms with E-state index in [0.717, 1.165) is 11.1 Å². The van der Waals surface area contributed by atoms with Crippen molar-refractivity contribution in [3.63, 3.8) is 0 Å². The Morgan fingerprint density at radius 2 is 1.92 bits per heavy atom. The highest BCUT2D eigenvalue weighted by Gasteiger charge is 2.37. The molecule has 1 aliphatic heterocycles. The van der Waals surface area contributed by atoms with Gasteiger partial charge in [-0.15, -0.1) is 0 Å². The zero-order valence-electron chi connectivity index (χ0n) is 14.7. The van der Waals surface area contributed by atoms with Gasteiger partial charge < -0.3 is 9.84 Å². The third kappa shape index (κ3) is 3.26. The van der Waals surface area contributed by atoms with Gasteiger partial charge in [0.15, 0.2) is 0 Å². The first-order valence-electron chi connectivity index (χ1n) is 8.32. The number of carboxylic acid groups (broad SMARTS) is 1. The van der Waals surface area contributed by atoms with E-state index in [0.29, 0.717) is 17.9 Å². The Hall–Kier alpha value is -2.54. The molecule has 0 aromatic heterocycles. The summed E-state index contributed by atoms with van der Waals surface area (Å²) in [5.41, 5.74) is 2.42. The number of nitrogens with zero attached hydrogens (tertiary/aromatic N) is 1. The second-order valence-electron chi connectivity index (χ2n) is 6.35. The lowest BCUT2D eigenvalue weighted by Crippen LogP contribution is -2.30. The fourth-order valence-electron chi connectivity index (χ4n) is 3.38. The second-order valence-corrected chi connectivity index (χ2v) is 8.22. The van der Waals surface area contributed by atoms with Crippen molar-refractivity contribution >= 4 is 21.7 Å². The minimum absolute atomic E-state index is 0.00840. The lowest BCUT2D eigenvalue weighted by atomic mass is 9.95. The topological polar surface area (TPSA) is 83.9 Å². The van der Waals surface area contributed by atoms with Crippen LogP contribution in [0.25, 0.3) is 0 Å². The molecule has 3 rings (SSSR count). The van der Waals surface area contributed by atoms with Crippen LogP contribution in [0.15, 0.2) is 47.4 Å². The number of aryl methyl sites for hydroxylation is 1. The molecule has 0 radical (unpaired) electrons. The SMILES string of the molecule is COc1ccc(S(=O)(=O)N2CC(CCC(=O)O)c3cccc(C)c32)cc1. The molecule has 1 unspecified atom stereocenters. The number of aliphatic carboxylic acids is 1. The molecular weight excluding hydrogens is 354 g/mol. The summed E-state index contributed by atoms with van der Waals surface area (Å²) >= 11 is 0. The van der Waals surface area contributed by atoms with E-state index in [1.54, 1.807) is 12.1 Å². The third-order valence-corrected chi connectivity index (χ3v) is 6.48. The summed E-state index contributed by atoms with van der Waals surface area (Å²) in [7, 11) is -2.22. The van der Waals surface area contributed by atoms with E-state index >= 15 is 0 Å². The number of rotatable bonds is 6. The molecule has 0 aliphatic carbocycles. The van der Waals surface area contributed by atoms with E-state index in [4.69, 9.17) is 9.84 Å². The number of benzene rings is 2. The first-order chi connectivity index (χ1) is 12.3. The van der Waals surface area contributed by atoms with Crippen molar-refractivity contribution in [3.05, 3.63) is 53.6 Å². The molecule has 1 N–H and O–H groups in total. The molecule has 2 aromatic carbocycles. The summed E-state index contributed by atoms with van der Waals surface area (Å²) in [6.45, 7) is 2.12. The Kier molecular flexibility index (Phi) is 4.91. The summed E-state index contributed by atoms with van der Waals surface area (Å²) in [5.74, 6) is -0.425. The summed E-state index contributed by atoms with van der Waals surface area (Å²) < 4.78 is 32.9. The van der Waals surface area contributed by atoms with Gasteiger partial charge in [0.05, 0.1) is 17.7 Å². The van der Waals surface area contributed by atoms with Gasteiger partial charge in [0.1, 0.15) is 5.75 Å². The van der Waals surface area contributed by atoms with Crippen LogP contribution in [-0.4, -0.2) is 33.1 Å². The molecule has 26 heavy (non-hydrogen) atoms. The molecular formula is C19H21NO5S. The van der Waals surface area contributed by atoms with Crippen LogP contribution in [0.3, 0.4) is 0 Å². The van der Waals surface area contributed by atoms with Crippen LogP contribution in [0, 0.1) is 6.92 Å². The van der Waals surface area contributed by atoms with Gasteiger partial charge in [-0.3, -0.25) is 9.10 Å². The predicted octanol–water partition coefficient (Wildman–Crippen LogP) is 3.16. The lowest BCUT2D eigenvalue weighted by molar-refractivity contribution is -0.137. The monoisotopic (exact) mass is 375 g/mol. The Labute approximate surface area is 153 Å². The number of carboxylic acids is 1. The van der Waals surface area contributed by atoms with Crippen LogP contribution in [0.1, 0.15) is 29.9 Å². The summed E-state index contributed by atoms with van der Waals surface area (Å²) in [5, 5.41) is 8.99. The van der Waals surface area contributed by atoms with Gasteiger partial charge >= 0.3 is 5.97 Å². The van der Waals surface area contributed by atoms with Crippen molar-refractivity contribution in [2.45, 2.75) is 30.6 Å². The fourth-order valence-corrected chi connectivity index (χ4v) is 4.98. The number of sulfonamides is 1. The average molecular weight is 375 g/mol. The first kappa shape index (κ1) is 18.3. The molecule has 7 heteroatoms. The van der Waals surface area contributed by atoms with Gasteiger partial charge in [0, 0.05) is 18.9 Å². The van der Waals surface area contributed by atoms with E-state index in [9.17, 15) is 13.2 Å². The maximum absolute atomic E-state index is 13.2. The highest BCUT2D eigenvalue weighted by atomic mass is 32.2. The van der Waals surface area contributed by atoms with Crippen LogP contribution in [-0.2, 0) is 14.8 Å². The van der Waals surface area contributed by atoms with Crippen LogP contribution < -0.4 is 9.04 Å². The largest absolute Gasteiger partial charge is 0.497 e. The van der Waals surface area contributed by atoms with Crippen molar-refractivity contribution in [1.29, 1.82) is 0 Å². The summed E-state index contributed by atoms with van der Waals surface area (Å²) in [6.07, 6.45) is 0.412. The number of fused-ring (bicyclic) bond motifs is 1. The minimum atomic E-state index is -3.74. The molecule has 0 spiro atoms. The van der Waals surface area contributed by atoms with E-state index in [1.165, 1.54) is 23.5 Å². The van der Waals surface area contributed by atoms with Crippen LogP contribution in [0.5, 0.6) is 5.75 Å². The fraction of sp³-hybridized carbons (Fsp3) is 0.316. The second kappa shape index (κ2) is 6.99. The van der Waals surface area contributed by atoms with E-state index in [2.05, 4.69) is 0 Å². The highest BCUT2D eigenvalue weighted by molar-refractivity contribution is 7.92. The molecule has 1 atom stereocenters. The van der Waals surface area contributed by atoms with Gasteiger partial charge in [0.25, 0.3) is 10.0 Å². The maximum atomic E-state index is 13.2. The highest BCUT2D eigenvalue weighted by Crippen LogP contribution is 2.43. The molecule has 138 valence electrons. The van der Waals surface area contributed by atoms with Gasteiger partial charge in [0.2, 0.25) is 0 Å². The summed E-state index contributed by atoms with van der Waals surface area (Å²) in [6, 6.07) is 11.9. The van der Waals surface area contributed by atoms with E-state index in [-0.39, 0.29) is 23.8 Å². The van der Waals surface area contributed by atoms with Crippen LogP contribution >= 0.6 is 0 Å². The number of anilines is 1. The normalized spacial score (nSPS) is 16.4. The Morgan fingerprint density at radius 3 is 2.54 bits per heavy atom. The number of methoxy groups -OCH3 is 1. The van der Waals surface area contributed by atoms with Crippen molar-refractivity contribution < 1.29 is 23.1 Å². The summed E-state index contributed by atoms with van der Waals surface area (Å²) in [4.78, 5) is 11.1. The van der Waals surface area contributed by atoms with Gasteiger partial charge in [-0.25, -0.2) is 8.42 Å². The molecule has 0 saturated heterocycles. The third-order valence-electron chi connectivity index (χ3n) is 4.70. The molecule has 0 fully saturated rings. The first-order valence-corrected chi connectivity index (χ1v) is 9.76. The van der Waals surface area contributed by atoms with Crippen LogP contribution in [0.4, 0.5) is 5.69 Å². The quantitative estimate of drug-likeness (QED) is 0.838. The van der Waals surface area contributed by atoms with Crippen molar-refractivity contribution in [2.75, 3.05) is 18.0 Å². The minimum Gasteiger partial charge on any atom is -0.497 e. The molecule has 1 aliphatic rings. The molecule has 0 saturated carbocycles. The Bertz CT molecular complexity index is 921. The zero-order valence-corrected chi connectivity index (χ0v) is 15.5. The molecule has 0 amide bonds. The molecule has 0 bridgehead atoms. The van der Waals surface area contributed by atoms with Gasteiger partial charge in [-0.1, -0.05) is 18.2 Å². The standard InChI is InChI=1S/C19H21NO5S/c1-13-4-3-5-17-14(6-11-18(21)22)12-20(19(13)17)26(23,24)16-9-7-15(25-2)8-10-16/h3-5,7-10,14H,6,11-12H2,1-2H3,(H,21,22).